The van der Waals surface area contributed by atoms with E-state index in [1.54, 1.807) is 0 Å². The van der Waals surface area contributed by atoms with Gasteiger partial charge in [-0.3, -0.25) is 4.79 Å². The zero-order chi connectivity index (χ0) is 24.2. The van der Waals surface area contributed by atoms with Gasteiger partial charge in [-0.2, -0.15) is 0 Å². The number of hydrogen-bond acceptors (Lipinski definition) is 4. The van der Waals surface area contributed by atoms with Gasteiger partial charge in [-0.25, -0.2) is 0 Å². The summed E-state index contributed by atoms with van der Waals surface area (Å²) in [7, 11) is 0. The number of ether oxygens (including phenoxy) is 1. The minimum atomic E-state index is -0.125. The maximum atomic E-state index is 10.0. The van der Waals surface area contributed by atoms with Gasteiger partial charge >= 0.3 is 0 Å². The van der Waals surface area contributed by atoms with Crippen molar-refractivity contribution in [2.75, 3.05) is 0 Å². The number of allylic oxidation sites excluding steroid dienone is 2. The Hall–Kier alpha value is -3.53. The number of aryl methyl sites for hydroxylation is 2. The summed E-state index contributed by atoms with van der Waals surface area (Å²) < 4.78 is 6.20. The van der Waals surface area contributed by atoms with Crippen LogP contribution in [0.15, 0.2) is 84.8 Å². The van der Waals surface area contributed by atoms with Crippen LogP contribution in [0.1, 0.15) is 25.0 Å². The Morgan fingerprint density at radius 3 is 2.26 bits per heavy atom. The molecule has 0 unspecified atom stereocenters. The molecule has 1 radical (unpaired) electrons. The Bertz CT molecular complexity index is 1380. The molecule has 35 heavy (non-hydrogen) atoms. The molecule has 5 rings (SSSR count). The first-order valence-electron chi connectivity index (χ1n) is 11.1. The fourth-order valence-corrected chi connectivity index (χ4v) is 4.05. The van der Waals surface area contributed by atoms with Crippen LogP contribution in [0.5, 0.6) is 11.5 Å². The van der Waals surface area contributed by atoms with Gasteiger partial charge in [0.15, 0.2) is 5.78 Å². The smallest absolute Gasteiger partial charge is 0.155 e. The van der Waals surface area contributed by atoms with E-state index in [1.165, 1.54) is 36.6 Å². The molecule has 0 saturated carbocycles. The number of pyridine rings is 1. The normalized spacial score (nSPS) is 11.3. The first-order chi connectivity index (χ1) is 16.3. The maximum absolute atomic E-state index is 10.0. The Labute approximate surface area is 219 Å². The second-order valence-corrected chi connectivity index (χ2v) is 8.40. The number of benzene rings is 3. The van der Waals surface area contributed by atoms with Crippen molar-refractivity contribution in [3.63, 3.8) is 0 Å². The van der Waals surface area contributed by atoms with Crippen LogP contribution in [0.2, 0.25) is 0 Å². The molecule has 1 N–H and O–H groups in total. The van der Waals surface area contributed by atoms with Gasteiger partial charge in [0, 0.05) is 43.7 Å². The van der Waals surface area contributed by atoms with Gasteiger partial charge in [0.05, 0.1) is 5.76 Å². The van der Waals surface area contributed by atoms with Crippen molar-refractivity contribution in [1.82, 2.24) is 4.98 Å². The average molecular weight is 641 g/mol. The van der Waals surface area contributed by atoms with Crippen LogP contribution >= 0.6 is 0 Å². The predicted octanol–water partition coefficient (Wildman–Crippen LogP) is 7.64. The molecule has 0 spiro atoms. The van der Waals surface area contributed by atoms with Crippen molar-refractivity contribution < 1.29 is 34.7 Å². The van der Waals surface area contributed by atoms with Gasteiger partial charge in [-0.1, -0.05) is 59.2 Å². The fraction of sp³-hybridized carbons (Fsp3) is 0.133. The van der Waals surface area contributed by atoms with Gasteiger partial charge in [0.25, 0.3) is 0 Å². The van der Waals surface area contributed by atoms with E-state index in [-0.39, 0.29) is 31.6 Å². The topological polar surface area (TPSA) is 59.4 Å². The van der Waals surface area contributed by atoms with E-state index in [2.05, 4.69) is 50.2 Å². The Balaban J connectivity index is 0.000000378. The van der Waals surface area contributed by atoms with Crippen molar-refractivity contribution >= 4 is 5.78 Å². The van der Waals surface area contributed by atoms with Gasteiger partial charge < -0.3 is 14.8 Å². The predicted molar refractivity (Wildman–Crippen MR) is 136 cm³/mol. The van der Waals surface area contributed by atoms with Crippen LogP contribution in [0.4, 0.5) is 0 Å². The van der Waals surface area contributed by atoms with Crippen LogP contribution in [0.3, 0.4) is 0 Å². The van der Waals surface area contributed by atoms with E-state index >= 15 is 0 Å². The molecular weight excluding hydrogens is 615 g/mol. The standard InChI is InChI=1S/C25H18NO.C5H8O2.Ir/c1-16-11-17(2)13-18(12-16)19-14-22-20-7-3-5-9-23(20)27-24-10-6-4-8-21(24)25(22)26-15-19;1-4(6)3-5(2)7;/h3-7,9-15H,1-2H3;3,6H,1-2H3;/q-1;;. The number of aliphatic hydroxyl groups excluding tert-OH is 1. The minimum absolute atomic E-state index is 0. The van der Waals surface area contributed by atoms with Crippen molar-refractivity contribution in [2.45, 2.75) is 27.7 Å². The van der Waals surface area contributed by atoms with Crippen molar-refractivity contribution in [2.24, 2.45) is 0 Å². The molecule has 1 aliphatic rings. The number of aromatic nitrogens is 1. The van der Waals surface area contributed by atoms with Crippen molar-refractivity contribution in [3.05, 3.63) is 102 Å². The number of nitrogens with zero attached hydrogens (tertiary/aromatic N) is 1. The van der Waals surface area contributed by atoms with Crippen LogP contribution in [-0.2, 0) is 24.9 Å². The fourth-order valence-electron chi connectivity index (χ4n) is 4.05. The molecule has 0 amide bonds. The Morgan fingerprint density at radius 1 is 0.914 bits per heavy atom. The van der Waals surface area contributed by atoms with Gasteiger partial charge in [0.2, 0.25) is 0 Å². The molecule has 4 aromatic rings. The zero-order valence-electron chi connectivity index (χ0n) is 20.0. The number of carbonyl (C=O) groups excluding carboxylic acids is 1. The molecule has 1 aromatic heterocycles. The van der Waals surface area contributed by atoms with Crippen molar-refractivity contribution in [1.29, 1.82) is 0 Å². The first kappa shape index (κ1) is 26.1. The molecule has 5 heteroatoms. The third kappa shape index (κ3) is 6.13. The third-order valence-corrected chi connectivity index (χ3v) is 5.31. The number of aliphatic hydroxyl groups is 1. The Morgan fingerprint density at radius 2 is 1.60 bits per heavy atom. The molecule has 1 aliphatic heterocycles. The monoisotopic (exact) mass is 641 g/mol. The molecule has 0 bridgehead atoms. The largest absolute Gasteiger partial charge is 0.512 e. The average Bonchev–Trinajstić information content (AvgIpc) is 2.92. The molecule has 2 heterocycles. The second kappa shape index (κ2) is 11.3. The van der Waals surface area contributed by atoms with E-state index in [1.807, 2.05) is 42.6 Å². The summed E-state index contributed by atoms with van der Waals surface area (Å²) in [5.74, 6) is 1.57. The Kier molecular flexibility index (Phi) is 8.39. The molecule has 3 aromatic carbocycles. The summed E-state index contributed by atoms with van der Waals surface area (Å²) in [5.41, 5.74) is 8.72. The molecular formula is C30H26IrNO3-. The van der Waals surface area contributed by atoms with Gasteiger partial charge in [0.1, 0.15) is 5.75 Å². The summed E-state index contributed by atoms with van der Waals surface area (Å²) in [5, 5.41) is 8.36. The molecule has 0 aliphatic carbocycles. The molecule has 0 fully saturated rings. The number of rotatable bonds is 2. The van der Waals surface area contributed by atoms with Crippen LogP contribution < -0.4 is 4.74 Å². The zero-order valence-corrected chi connectivity index (χ0v) is 22.4. The van der Waals surface area contributed by atoms with Crippen LogP contribution in [0, 0.1) is 19.9 Å². The van der Waals surface area contributed by atoms with E-state index in [9.17, 15) is 4.79 Å². The third-order valence-electron chi connectivity index (χ3n) is 5.31. The summed E-state index contributed by atoms with van der Waals surface area (Å²) in [6.45, 7) is 7.10. The number of carbonyl (C=O) groups is 1. The van der Waals surface area contributed by atoms with E-state index in [0.717, 1.165) is 39.4 Å². The van der Waals surface area contributed by atoms with Gasteiger partial charge in [-0.05, 0) is 56.1 Å². The minimum Gasteiger partial charge on any atom is -0.512 e. The number of hydrogen-bond donors (Lipinski definition) is 1. The molecule has 0 saturated heterocycles. The number of ketones is 1. The summed E-state index contributed by atoms with van der Waals surface area (Å²) in [6, 6.07) is 26.1. The summed E-state index contributed by atoms with van der Waals surface area (Å²) in [6.07, 6.45) is 3.12. The van der Waals surface area contributed by atoms with Gasteiger partial charge in [-0.15, -0.1) is 24.3 Å². The summed E-state index contributed by atoms with van der Waals surface area (Å²) >= 11 is 0. The second-order valence-electron chi connectivity index (χ2n) is 8.40. The molecule has 179 valence electrons. The van der Waals surface area contributed by atoms with E-state index in [0.29, 0.717) is 0 Å². The quantitative estimate of drug-likeness (QED) is 0.122. The maximum Gasteiger partial charge on any atom is 0.155 e. The number of para-hydroxylation sites is 1. The van der Waals surface area contributed by atoms with E-state index < -0.39 is 0 Å². The summed E-state index contributed by atoms with van der Waals surface area (Å²) in [4.78, 5) is 14.9. The van der Waals surface area contributed by atoms with Crippen LogP contribution in [-0.4, -0.2) is 15.9 Å². The van der Waals surface area contributed by atoms with Crippen LogP contribution in [0.25, 0.3) is 33.5 Å². The first-order valence-corrected chi connectivity index (χ1v) is 11.1. The number of fused-ring (bicyclic) bond motifs is 5. The molecule has 4 nitrogen and oxygen atoms in total. The van der Waals surface area contributed by atoms with Crippen molar-refractivity contribution in [3.8, 4) is 45.0 Å². The molecule has 0 atom stereocenters. The van der Waals surface area contributed by atoms with E-state index in [4.69, 9.17) is 14.8 Å². The SMILES string of the molecule is CC(=O)C=C(C)O.Cc1cc(C)cc(-c2cnc3c(c2)-c2ccccc2Oc2ccc[c-]c2-3)c1.[Ir].